The Kier molecular flexibility index (Phi) is 8.15. The fourth-order valence-electron chi connectivity index (χ4n) is 1.61. The van der Waals surface area contributed by atoms with Gasteiger partial charge < -0.3 is 19.7 Å². The maximum absolute atomic E-state index is 11.9. The number of carbonyl (C=O) groups excluding carboxylic acids is 1. The molecular formula is C13H28N2O3. The van der Waals surface area contributed by atoms with Crippen molar-refractivity contribution in [2.24, 2.45) is 0 Å². The first-order chi connectivity index (χ1) is 8.41. The molecule has 1 N–H and O–H groups in total. The molecule has 0 saturated carbocycles. The van der Waals surface area contributed by atoms with Gasteiger partial charge in [0.15, 0.2) is 0 Å². The normalized spacial score (nSPS) is 16.4. The number of hydrogen-bond donors (Lipinski definition) is 1. The molecule has 108 valence electrons. The van der Waals surface area contributed by atoms with Crippen LogP contribution in [0.1, 0.15) is 27.2 Å². The Labute approximate surface area is 111 Å². The molecule has 0 aromatic heterocycles. The van der Waals surface area contributed by atoms with Crippen molar-refractivity contribution in [2.45, 2.75) is 38.8 Å². The monoisotopic (exact) mass is 260 g/mol. The van der Waals surface area contributed by atoms with Crippen LogP contribution in [0.3, 0.4) is 0 Å². The Morgan fingerprint density at radius 3 is 2.56 bits per heavy atom. The summed E-state index contributed by atoms with van der Waals surface area (Å²) in [6, 6.07) is 0.332. The number of rotatable bonds is 9. The van der Waals surface area contributed by atoms with Gasteiger partial charge in [-0.3, -0.25) is 4.79 Å². The third-order valence-corrected chi connectivity index (χ3v) is 3.40. The zero-order valence-corrected chi connectivity index (χ0v) is 12.6. The maximum atomic E-state index is 11.9. The third-order valence-electron chi connectivity index (χ3n) is 3.40. The standard InChI is InChI=1S/C13H28N2O3/c1-7-18-12(16)13(3,14-4)8-9-15(5)11(2)10-17-6/h11,14H,7-10H2,1-6H3. The second kappa shape index (κ2) is 8.45. The van der Waals surface area contributed by atoms with E-state index < -0.39 is 5.54 Å². The molecule has 0 radical (unpaired) electrons. The Morgan fingerprint density at radius 1 is 1.50 bits per heavy atom. The van der Waals surface area contributed by atoms with Gasteiger partial charge in [0.2, 0.25) is 0 Å². The van der Waals surface area contributed by atoms with Crippen molar-refractivity contribution < 1.29 is 14.3 Å². The van der Waals surface area contributed by atoms with E-state index in [1.807, 2.05) is 20.9 Å². The highest BCUT2D eigenvalue weighted by Crippen LogP contribution is 2.13. The second-order valence-corrected chi connectivity index (χ2v) is 4.84. The number of esters is 1. The van der Waals surface area contributed by atoms with Gasteiger partial charge in [-0.05, 0) is 41.3 Å². The van der Waals surface area contributed by atoms with E-state index in [9.17, 15) is 4.79 Å². The molecule has 0 fully saturated rings. The molecule has 0 spiro atoms. The number of likely N-dealkylation sites (N-methyl/N-ethyl adjacent to an activating group) is 2. The Bertz CT molecular complexity index is 248. The molecule has 0 aliphatic heterocycles. The van der Waals surface area contributed by atoms with Crippen molar-refractivity contribution in [1.29, 1.82) is 0 Å². The Morgan fingerprint density at radius 2 is 2.11 bits per heavy atom. The molecule has 0 rings (SSSR count). The van der Waals surface area contributed by atoms with Crippen LogP contribution in [-0.2, 0) is 14.3 Å². The maximum Gasteiger partial charge on any atom is 0.326 e. The highest BCUT2D eigenvalue weighted by Gasteiger charge is 2.33. The van der Waals surface area contributed by atoms with Crippen molar-refractivity contribution in [3.8, 4) is 0 Å². The number of ether oxygens (including phenoxy) is 2. The molecule has 0 amide bonds. The summed E-state index contributed by atoms with van der Waals surface area (Å²) in [5.41, 5.74) is -0.628. The first-order valence-electron chi connectivity index (χ1n) is 6.46. The van der Waals surface area contributed by atoms with E-state index in [1.165, 1.54) is 0 Å². The topological polar surface area (TPSA) is 50.8 Å². The molecule has 2 unspecified atom stereocenters. The summed E-state index contributed by atoms with van der Waals surface area (Å²) in [5, 5.41) is 3.06. The summed E-state index contributed by atoms with van der Waals surface area (Å²) in [7, 11) is 5.51. The molecule has 0 bridgehead atoms. The van der Waals surface area contributed by atoms with Crippen LogP contribution in [0.4, 0.5) is 0 Å². The Hall–Kier alpha value is -0.650. The molecule has 5 heteroatoms. The molecule has 0 aromatic rings. The first kappa shape index (κ1) is 17.4. The average molecular weight is 260 g/mol. The number of methoxy groups -OCH3 is 1. The molecule has 2 atom stereocenters. The lowest BCUT2D eigenvalue weighted by Gasteiger charge is -2.31. The van der Waals surface area contributed by atoms with E-state index in [1.54, 1.807) is 14.2 Å². The van der Waals surface area contributed by atoms with Crippen molar-refractivity contribution in [2.75, 3.05) is 41.0 Å². The summed E-state index contributed by atoms with van der Waals surface area (Å²) in [4.78, 5) is 14.1. The van der Waals surface area contributed by atoms with Crippen molar-refractivity contribution in [1.82, 2.24) is 10.2 Å². The van der Waals surface area contributed by atoms with Crippen LogP contribution in [-0.4, -0.2) is 63.4 Å². The van der Waals surface area contributed by atoms with Crippen LogP contribution >= 0.6 is 0 Å². The SMILES string of the molecule is CCOC(=O)C(C)(CCN(C)C(C)COC)NC. The summed E-state index contributed by atoms with van der Waals surface area (Å²) in [6.45, 7) is 7.70. The lowest BCUT2D eigenvalue weighted by Crippen LogP contribution is -2.51. The van der Waals surface area contributed by atoms with Crippen molar-refractivity contribution >= 4 is 5.97 Å². The van der Waals surface area contributed by atoms with Crippen LogP contribution in [0.2, 0.25) is 0 Å². The summed E-state index contributed by atoms with van der Waals surface area (Å²) >= 11 is 0. The molecule has 0 aliphatic carbocycles. The average Bonchev–Trinajstić information content (AvgIpc) is 2.36. The van der Waals surface area contributed by atoms with Gasteiger partial charge in [0.25, 0.3) is 0 Å². The Balaban J connectivity index is 4.33. The zero-order chi connectivity index (χ0) is 14.2. The molecule has 0 saturated heterocycles. The van der Waals surface area contributed by atoms with Crippen molar-refractivity contribution in [3.05, 3.63) is 0 Å². The van der Waals surface area contributed by atoms with Gasteiger partial charge in [-0.15, -0.1) is 0 Å². The molecule has 0 aliphatic rings. The van der Waals surface area contributed by atoms with Gasteiger partial charge in [-0.1, -0.05) is 0 Å². The number of hydrogen-bond acceptors (Lipinski definition) is 5. The smallest absolute Gasteiger partial charge is 0.326 e. The quantitative estimate of drug-likeness (QED) is 0.624. The van der Waals surface area contributed by atoms with Crippen LogP contribution < -0.4 is 5.32 Å². The molecule has 0 aromatic carbocycles. The first-order valence-corrected chi connectivity index (χ1v) is 6.46. The van der Waals surface area contributed by atoms with Crippen LogP contribution in [0.15, 0.2) is 0 Å². The fourth-order valence-corrected chi connectivity index (χ4v) is 1.61. The van der Waals surface area contributed by atoms with Gasteiger partial charge in [0.05, 0.1) is 13.2 Å². The van der Waals surface area contributed by atoms with E-state index in [4.69, 9.17) is 9.47 Å². The molecule has 0 heterocycles. The van der Waals surface area contributed by atoms with Gasteiger partial charge in [-0.25, -0.2) is 0 Å². The predicted molar refractivity (Wildman–Crippen MR) is 72.7 cm³/mol. The number of carbonyl (C=O) groups is 1. The minimum atomic E-state index is -0.628. The second-order valence-electron chi connectivity index (χ2n) is 4.84. The summed E-state index contributed by atoms with van der Waals surface area (Å²) in [6.07, 6.45) is 0.701. The minimum Gasteiger partial charge on any atom is -0.465 e. The summed E-state index contributed by atoms with van der Waals surface area (Å²) < 4.78 is 10.2. The van der Waals surface area contributed by atoms with Gasteiger partial charge >= 0.3 is 5.97 Å². The van der Waals surface area contributed by atoms with Gasteiger partial charge in [0, 0.05) is 19.7 Å². The number of nitrogens with zero attached hydrogens (tertiary/aromatic N) is 1. The molecular weight excluding hydrogens is 232 g/mol. The highest BCUT2D eigenvalue weighted by atomic mass is 16.5. The molecule has 18 heavy (non-hydrogen) atoms. The largest absolute Gasteiger partial charge is 0.465 e. The fraction of sp³-hybridized carbons (Fsp3) is 0.923. The van der Waals surface area contributed by atoms with Crippen LogP contribution in [0, 0.1) is 0 Å². The zero-order valence-electron chi connectivity index (χ0n) is 12.6. The predicted octanol–water partition coefficient (Wildman–Crippen LogP) is 0.884. The number of nitrogens with one attached hydrogen (secondary N) is 1. The summed E-state index contributed by atoms with van der Waals surface area (Å²) in [5.74, 6) is -0.194. The third kappa shape index (κ3) is 5.33. The van der Waals surface area contributed by atoms with Crippen LogP contribution in [0.5, 0.6) is 0 Å². The lowest BCUT2D eigenvalue weighted by atomic mass is 9.97. The van der Waals surface area contributed by atoms with Crippen LogP contribution in [0.25, 0.3) is 0 Å². The van der Waals surface area contributed by atoms with E-state index in [2.05, 4.69) is 17.1 Å². The lowest BCUT2D eigenvalue weighted by molar-refractivity contribution is -0.150. The van der Waals surface area contributed by atoms with Gasteiger partial charge in [0.1, 0.15) is 5.54 Å². The van der Waals surface area contributed by atoms with E-state index >= 15 is 0 Å². The highest BCUT2D eigenvalue weighted by molar-refractivity contribution is 5.80. The van der Waals surface area contributed by atoms with E-state index in [0.717, 1.165) is 6.54 Å². The minimum absolute atomic E-state index is 0.194. The van der Waals surface area contributed by atoms with E-state index in [-0.39, 0.29) is 5.97 Å². The van der Waals surface area contributed by atoms with Crippen molar-refractivity contribution in [3.63, 3.8) is 0 Å². The van der Waals surface area contributed by atoms with Gasteiger partial charge in [-0.2, -0.15) is 0 Å². The molecule has 5 nitrogen and oxygen atoms in total. The van der Waals surface area contributed by atoms with E-state index in [0.29, 0.717) is 25.7 Å².